The lowest BCUT2D eigenvalue weighted by Gasteiger charge is -2.15. The van der Waals surface area contributed by atoms with Gasteiger partial charge in [-0.2, -0.15) is 0 Å². The highest BCUT2D eigenvalue weighted by atomic mass is 19.4. The van der Waals surface area contributed by atoms with Gasteiger partial charge >= 0.3 is 6.36 Å². The van der Waals surface area contributed by atoms with Crippen LogP contribution in [0.1, 0.15) is 39.3 Å². The molecule has 1 aromatic heterocycles. The zero-order chi connectivity index (χ0) is 24.6. The van der Waals surface area contributed by atoms with E-state index < -0.39 is 24.2 Å². The molecule has 7 nitrogen and oxygen atoms in total. The molecular weight excluding hydrogens is 459 g/mol. The van der Waals surface area contributed by atoms with E-state index >= 15 is 0 Å². The van der Waals surface area contributed by atoms with Gasteiger partial charge in [0.1, 0.15) is 11.6 Å². The Morgan fingerprint density at radius 2 is 1.71 bits per heavy atom. The normalized spacial score (nSPS) is 14.9. The number of fused-ring (bicyclic) bond motifs is 3. The molecule has 3 aromatic carbocycles. The van der Waals surface area contributed by atoms with Crippen molar-refractivity contribution < 1.29 is 22.7 Å². The molecule has 1 aliphatic rings. The van der Waals surface area contributed by atoms with Crippen LogP contribution in [-0.4, -0.2) is 32.7 Å². The Morgan fingerprint density at radius 1 is 0.971 bits per heavy atom. The largest absolute Gasteiger partial charge is 0.573 e. The number of aliphatic imine (C=N–C) groups is 1. The number of hydrogen-bond acceptors (Lipinski definition) is 5. The van der Waals surface area contributed by atoms with E-state index in [-0.39, 0.29) is 5.56 Å². The van der Waals surface area contributed by atoms with Gasteiger partial charge < -0.3 is 10.1 Å². The van der Waals surface area contributed by atoms with Crippen LogP contribution in [0, 0.1) is 6.92 Å². The molecule has 35 heavy (non-hydrogen) atoms. The van der Waals surface area contributed by atoms with E-state index in [1.807, 2.05) is 59.2 Å². The molecule has 2 heterocycles. The number of rotatable bonds is 4. The molecule has 1 aliphatic heterocycles. The van der Waals surface area contributed by atoms with Gasteiger partial charge in [-0.15, -0.1) is 23.4 Å². The van der Waals surface area contributed by atoms with E-state index in [1.165, 1.54) is 12.1 Å². The van der Waals surface area contributed by atoms with E-state index in [4.69, 9.17) is 4.99 Å². The summed E-state index contributed by atoms with van der Waals surface area (Å²) in [6, 6.07) is 21.9. The summed E-state index contributed by atoms with van der Waals surface area (Å²) in [5.74, 6) is -0.170. The first-order valence-corrected chi connectivity index (χ1v) is 10.6. The molecule has 4 aromatic rings. The number of aryl methyl sites for hydroxylation is 1. The Morgan fingerprint density at radius 3 is 2.49 bits per heavy atom. The summed E-state index contributed by atoms with van der Waals surface area (Å²) in [5.41, 5.74) is 3.06. The van der Waals surface area contributed by atoms with E-state index in [9.17, 15) is 18.0 Å². The highest BCUT2D eigenvalue weighted by Crippen LogP contribution is 2.30. The number of amides is 1. The Balaban J connectivity index is 1.58. The first-order valence-electron chi connectivity index (χ1n) is 10.6. The van der Waals surface area contributed by atoms with Crippen molar-refractivity contribution in [3.8, 4) is 11.4 Å². The first kappa shape index (κ1) is 22.3. The Kier molecular flexibility index (Phi) is 5.56. The zero-order valence-corrected chi connectivity index (χ0v) is 18.3. The average Bonchev–Trinajstić information content (AvgIpc) is 3.15. The summed E-state index contributed by atoms with van der Waals surface area (Å²) < 4.78 is 43.7. The van der Waals surface area contributed by atoms with Crippen LogP contribution in [0.5, 0.6) is 5.75 Å². The maximum absolute atomic E-state index is 13.1. The molecule has 0 spiro atoms. The summed E-state index contributed by atoms with van der Waals surface area (Å²) in [6.07, 6.45) is -5.83. The second-order valence-corrected chi connectivity index (χ2v) is 7.75. The number of carbonyl (C=O) groups is 1. The van der Waals surface area contributed by atoms with Crippen molar-refractivity contribution >= 4 is 11.6 Å². The molecule has 0 radical (unpaired) electrons. The maximum Gasteiger partial charge on any atom is 0.573 e. The van der Waals surface area contributed by atoms with E-state index in [0.29, 0.717) is 17.4 Å². The Bertz CT molecular complexity index is 1430. The van der Waals surface area contributed by atoms with Gasteiger partial charge in [0.15, 0.2) is 12.0 Å². The molecule has 10 heteroatoms. The number of halogens is 3. The van der Waals surface area contributed by atoms with Gasteiger partial charge in [0.2, 0.25) is 0 Å². The third kappa shape index (κ3) is 4.50. The molecule has 0 aliphatic carbocycles. The van der Waals surface area contributed by atoms with Crippen molar-refractivity contribution in [2.24, 2.45) is 4.99 Å². The zero-order valence-electron chi connectivity index (χ0n) is 18.3. The van der Waals surface area contributed by atoms with Crippen LogP contribution in [0.3, 0.4) is 0 Å². The fourth-order valence-corrected chi connectivity index (χ4v) is 3.94. The van der Waals surface area contributed by atoms with Crippen LogP contribution in [0.25, 0.3) is 5.69 Å². The number of aromatic nitrogens is 3. The minimum absolute atomic E-state index is 0.0206. The minimum Gasteiger partial charge on any atom is -0.406 e. The summed E-state index contributed by atoms with van der Waals surface area (Å²) >= 11 is 0. The molecule has 176 valence electrons. The fourth-order valence-electron chi connectivity index (χ4n) is 3.94. The van der Waals surface area contributed by atoms with E-state index in [1.54, 1.807) is 6.92 Å². The van der Waals surface area contributed by atoms with Crippen molar-refractivity contribution in [1.82, 2.24) is 20.1 Å². The lowest BCUT2D eigenvalue weighted by Crippen LogP contribution is -2.29. The van der Waals surface area contributed by atoms with Crippen LogP contribution in [-0.2, 0) is 0 Å². The van der Waals surface area contributed by atoms with Crippen molar-refractivity contribution in [3.63, 3.8) is 0 Å². The second kappa shape index (κ2) is 8.71. The number of alkyl halides is 3. The van der Waals surface area contributed by atoms with Gasteiger partial charge in [0, 0.05) is 16.7 Å². The van der Waals surface area contributed by atoms with Crippen molar-refractivity contribution in [1.29, 1.82) is 0 Å². The highest BCUT2D eigenvalue weighted by molar-refractivity contribution is 6.15. The molecule has 0 saturated carbocycles. The summed E-state index contributed by atoms with van der Waals surface area (Å²) in [6.45, 7) is 1.79. The quantitative estimate of drug-likeness (QED) is 0.460. The van der Waals surface area contributed by atoms with Crippen molar-refractivity contribution in [2.45, 2.75) is 19.5 Å². The van der Waals surface area contributed by atoms with E-state index in [0.717, 1.165) is 28.9 Å². The summed E-state index contributed by atoms with van der Waals surface area (Å²) in [5, 5.41) is 11.2. The van der Waals surface area contributed by atoms with Gasteiger partial charge in [-0.05, 0) is 31.2 Å². The molecule has 1 amide bonds. The standard InChI is InChI=1S/C25H18F3N5O2/c1-15-31-32-23-22(30-24(34)17-10-7-11-18(14-17)35-25(26,27)28)29-21(16-8-3-2-4-9-16)19-12-5-6-13-20(19)33(15)23/h2-14,22H,1H3,(H,30,34). The van der Waals surface area contributed by atoms with Crippen LogP contribution < -0.4 is 10.1 Å². The number of hydrogen-bond donors (Lipinski definition) is 1. The Labute approximate surface area is 197 Å². The molecule has 0 saturated heterocycles. The SMILES string of the molecule is Cc1nnc2n1-c1ccccc1C(c1ccccc1)=NC2NC(=O)c1cccc(OC(F)(F)F)c1. The molecular formula is C25H18F3N5O2. The maximum atomic E-state index is 13.1. The fraction of sp³-hybridized carbons (Fsp3) is 0.120. The average molecular weight is 477 g/mol. The molecule has 1 unspecified atom stereocenters. The smallest absolute Gasteiger partial charge is 0.406 e. The topological polar surface area (TPSA) is 81.4 Å². The lowest BCUT2D eigenvalue weighted by atomic mass is 10.0. The summed E-state index contributed by atoms with van der Waals surface area (Å²) in [7, 11) is 0. The highest BCUT2D eigenvalue weighted by Gasteiger charge is 2.32. The van der Waals surface area contributed by atoms with Crippen molar-refractivity contribution in [2.75, 3.05) is 0 Å². The molecule has 1 atom stereocenters. The van der Waals surface area contributed by atoms with Crippen LogP contribution in [0.4, 0.5) is 13.2 Å². The molecule has 0 bridgehead atoms. The molecule has 5 rings (SSSR count). The van der Waals surface area contributed by atoms with Gasteiger partial charge in [-0.25, -0.2) is 0 Å². The lowest BCUT2D eigenvalue weighted by molar-refractivity contribution is -0.274. The number of para-hydroxylation sites is 1. The molecule has 0 fully saturated rings. The van der Waals surface area contributed by atoms with Crippen molar-refractivity contribution in [3.05, 3.63) is 107 Å². The van der Waals surface area contributed by atoms with Crippen LogP contribution in [0.2, 0.25) is 0 Å². The number of nitrogens with one attached hydrogen (secondary N) is 1. The van der Waals surface area contributed by atoms with Gasteiger partial charge in [0.05, 0.1) is 11.4 Å². The second-order valence-electron chi connectivity index (χ2n) is 7.75. The predicted molar refractivity (Wildman–Crippen MR) is 122 cm³/mol. The van der Waals surface area contributed by atoms with Crippen LogP contribution >= 0.6 is 0 Å². The third-order valence-corrected chi connectivity index (χ3v) is 5.40. The van der Waals surface area contributed by atoms with Crippen LogP contribution in [0.15, 0.2) is 83.9 Å². The predicted octanol–water partition coefficient (Wildman–Crippen LogP) is 4.75. The van der Waals surface area contributed by atoms with Gasteiger partial charge in [0.25, 0.3) is 5.91 Å². The van der Waals surface area contributed by atoms with Gasteiger partial charge in [-0.1, -0.05) is 54.6 Å². The van der Waals surface area contributed by atoms with Gasteiger partial charge in [-0.3, -0.25) is 14.4 Å². The number of carbonyl (C=O) groups excluding carboxylic acids is 1. The number of benzene rings is 3. The Hall–Kier alpha value is -4.47. The summed E-state index contributed by atoms with van der Waals surface area (Å²) in [4.78, 5) is 17.9. The van der Waals surface area contributed by atoms with E-state index in [2.05, 4.69) is 20.3 Å². The molecule has 1 N–H and O–H groups in total. The monoisotopic (exact) mass is 477 g/mol. The number of nitrogens with zero attached hydrogens (tertiary/aromatic N) is 4. The third-order valence-electron chi connectivity index (χ3n) is 5.40. The minimum atomic E-state index is -4.87. The number of ether oxygens (including phenoxy) is 1. The first-order chi connectivity index (χ1) is 16.8.